The van der Waals surface area contributed by atoms with E-state index in [1.807, 2.05) is 0 Å². The highest BCUT2D eigenvalue weighted by Crippen LogP contribution is 2.29. The Bertz CT molecular complexity index is 655. The normalized spacial score (nSPS) is 21.2. The van der Waals surface area contributed by atoms with Crippen molar-refractivity contribution in [2.45, 2.75) is 6.42 Å². The van der Waals surface area contributed by atoms with E-state index in [1.165, 1.54) is 18.2 Å². The van der Waals surface area contributed by atoms with E-state index < -0.39 is 26.5 Å². The third-order valence-corrected chi connectivity index (χ3v) is 5.29. The van der Waals surface area contributed by atoms with E-state index in [-0.39, 0.29) is 29.2 Å². The first-order valence-electron chi connectivity index (χ1n) is 5.49. The minimum atomic E-state index is -3.19. The van der Waals surface area contributed by atoms with E-state index in [4.69, 9.17) is 0 Å². The number of nitro groups is 1. The van der Waals surface area contributed by atoms with E-state index in [1.54, 1.807) is 0 Å². The van der Waals surface area contributed by atoms with Gasteiger partial charge >= 0.3 is 0 Å². The third kappa shape index (κ3) is 3.01. The Morgan fingerprint density at radius 2 is 2.11 bits per heavy atom. The molecule has 0 spiro atoms. The van der Waals surface area contributed by atoms with Gasteiger partial charge < -0.3 is 0 Å². The Morgan fingerprint density at radius 3 is 2.63 bits per heavy atom. The van der Waals surface area contributed by atoms with Crippen LogP contribution in [0, 0.1) is 16.0 Å². The Balaban J connectivity index is 2.37. The minimum absolute atomic E-state index is 0.0321. The first-order valence-corrected chi connectivity index (χ1v) is 8.10. The fourth-order valence-corrected chi connectivity index (χ4v) is 4.18. The van der Waals surface area contributed by atoms with Crippen LogP contribution in [0.4, 0.5) is 5.69 Å². The van der Waals surface area contributed by atoms with Crippen LogP contribution in [0.3, 0.4) is 0 Å². The Kier molecular flexibility index (Phi) is 3.73. The molecule has 0 saturated carbocycles. The SMILES string of the molecule is O=C(c1ccc(Br)cc1[N+](=O)[O-])C1CCS(=O)(=O)C1. The Morgan fingerprint density at radius 1 is 1.42 bits per heavy atom. The van der Waals surface area contributed by atoms with Crippen LogP contribution >= 0.6 is 15.9 Å². The van der Waals surface area contributed by atoms with Gasteiger partial charge in [-0.25, -0.2) is 8.42 Å². The van der Waals surface area contributed by atoms with E-state index in [2.05, 4.69) is 15.9 Å². The van der Waals surface area contributed by atoms with Crippen LogP contribution in [-0.4, -0.2) is 30.6 Å². The lowest BCUT2D eigenvalue weighted by Crippen LogP contribution is -2.17. The van der Waals surface area contributed by atoms with Crippen molar-refractivity contribution in [1.82, 2.24) is 0 Å². The van der Waals surface area contributed by atoms with Crippen LogP contribution < -0.4 is 0 Å². The third-order valence-electron chi connectivity index (χ3n) is 3.03. The molecule has 19 heavy (non-hydrogen) atoms. The summed E-state index contributed by atoms with van der Waals surface area (Å²) in [6.07, 6.45) is 0.231. The molecule has 0 amide bonds. The summed E-state index contributed by atoms with van der Waals surface area (Å²) < 4.78 is 23.2. The standard InChI is InChI=1S/C11H10BrNO5S/c12-8-1-2-9(10(5-8)13(15)16)11(14)7-3-4-19(17,18)6-7/h1-2,5,7H,3-4,6H2. The molecule has 1 atom stereocenters. The summed E-state index contributed by atoms with van der Waals surface area (Å²) in [5.74, 6) is -1.41. The van der Waals surface area contributed by atoms with Crippen molar-refractivity contribution in [1.29, 1.82) is 0 Å². The second kappa shape index (κ2) is 5.01. The zero-order chi connectivity index (χ0) is 14.2. The number of hydrogen-bond donors (Lipinski definition) is 0. The molecule has 1 heterocycles. The molecule has 1 unspecified atom stereocenters. The van der Waals surface area contributed by atoms with Crippen LogP contribution in [0.25, 0.3) is 0 Å². The highest BCUT2D eigenvalue weighted by atomic mass is 79.9. The van der Waals surface area contributed by atoms with Crippen molar-refractivity contribution in [3.63, 3.8) is 0 Å². The molecule has 0 N–H and O–H groups in total. The number of rotatable bonds is 3. The number of carbonyl (C=O) groups excluding carboxylic acids is 1. The predicted molar refractivity (Wildman–Crippen MR) is 71.9 cm³/mol. The average molecular weight is 348 g/mol. The van der Waals surface area contributed by atoms with E-state index in [0.29, 0.717) is 4.47 Å². The molecular weight excluding hydrogens is 338 g/mol. The van der Waals surface area contributed by atoms with E-state index in [9.17, 15) is 23.3 Å². The number of halogens is 1. The molecule has 0 aromatic heterocycles. The van der Waals surface area contributed by atoms with Crippen molar-refractivity contribution < 1.29 is 18.1 Å². The number of sulfone groups is 1. The van der Waals surface area contributed by atoms with Gasteiger partial charge in [-0.2, -0.15) is 0 Å². The fourth-order valence-electron chi connectivity index (χ4n) is 2.09. The molecule has 1 fully saturated rings. The second-order valence-electron chi connectivity index (χ2n) is 4.38. The number of nitrogens with zero attached hydrogens (tertiary/aromatic N) is 1. The summed E-state index contributed by atoms with van der Waals surface area (Å²) in [7, 11) is -3.19. The van der Waals surface area contributed by atoms with Gasteiger partial charge in [0.25, 0.3) is 5.69 Å². The maximum atomic E-state index is 12.2. The summed E-state index contributed by atoms with van der Waals surface area (Å²) >= 11 is 3.10. The predicted octanol–water partition coefficient (Wildman–Crippen LogP) is 1.97. The monoisotopic (exact) mass is 347 g/mol. The number of hydrogen-bond acceptors (Lipinski definition) is 5. The van der Waals surface area contributed by atoms with E-state index in [0.717, 1.165) is 0 Å². The average Bonchev–Trinajstić information content (AvgIpc) is 2.68. The van der Waals surface area contributed by atoms with Gasteiger partial charge in [-0.3, -0.25) is 14.9 Å². The zero-order valence-electron chi connectivity index (χ0n) is 9.71. The lowest BCUT2D eigenvalue weighted by atomic mass is 9.96. The summed E-state index contributed by atoms with van der Waals surface area (Å²) in [5, 5.41) is 10.9. The first-order chi connectivity index (χ1) is 8.80. The highest BCUT2D eigenvalue weighted by Gasteiger charge is 2.35. The van der Waals surface area contributed by atoms with E-state index >= 15 is 0 Å². The van der Waals surface area contributed by atoms with Crippen LogP contribution in [0.2, 0.25) is 0 Å². The second-order valence-corrected chi connectivity index (χ2v) is 7.53. The quantitative estimate of drug-likeness (QED) is 0.473. The van der Waals surface area contributed by atoms with Gasteiger partial charge in [0.1, 0.15) is 0 Å². The topological polar surface area (TPSA) is 94.3 Å². The van der Waals surface area contributed by atoms with Crippen molar-refractivity contribution in [2.24, 2.45) is 5.92 Å². The lowest BCUT2D eigenvalue weighted by molar-refractivity contribution is -0.385. The van der Waals surface area contributed by atoms with Crippen LogP contribution in [0.5, 0.6) is 0 Å². The van der Waals surface area contributed by atoms with Crippen LogP contribution in [-0.2, 0) is 9.84 Å². The fraction of sp³-hybridized carbons (Fsp3) is 0.364. The minimum Gasteiger partial charge on any atom is -0.294 e. The molecule has 0 bridgehead atoms. The smallest absolute Gasteiger partial charge is 0.281 e. The van der Waals surface area contributed by atoms with Gasteiger partial charge in [-0.15, -0.1) is 0 Å². The number of nitro benzene ring substituents is 1. The Hall–Kier alpha value is -1.28. The van der Waals surface area contributed by atoms with Gasteiger partial charge in [0.15, 0.2) is 15.6 Å². The largest absolute Gasteiger partial charge is 0.294 e. The molecule has 1 aliphatic heterocycles. The number of benzene rings is 1. The molecule has 0 aliphatic carbocycles. The summed E-state index contributed by atoms with van der Waals surface area (Å²) in [5.41, 5.74) is -0.334. The molecule has 0 radical (unpaired) electrons. The number of ketones is 1. The summed E-state index contributed by atoms with van der Waals surface area (Å²) in [4.78, 5) is 22.5. The number of Topliss-reactive ketones (excluding diaryl/α,β-unsaturated/α-hetero) is 1. The van der Waals surface area contributed by atoms with Crippen LogP contribution in [0.1, 0.15) is 16.8 Å². The lowest BCUT2D eigenvalue weighted by Gasteiger charge is -2.07. The Labute approximate surface area is 118 Å². The van der Waals surface area contributed by atoms with Crippen LogP contribution in [0.15, 0.2) is 22.7 Å². The highest BCUT2D eigenvalue weighted by molar-refractivity contribution is 9.10. The molecule has 1 aromatic rings. The first kappa shape index (κ1) is 14.1. The van der Waals surface area contributed by atoms with Crippen molar-refractivity contribution in [3.8, 4) is 0 Å². The van der Waals surface area contributed by atoms with Crippen molar-refractivity contribution in [3.05, 3.63) is 38.3 Å². The zero-order valence-corrected chi connectivity index (χ0v) is 12.1. The van der Waals surface area contributed by atoms with Gasteiger partial charge in [0, 0.05) is 16.5 Å². The molecule has 2 rings (SSSR count). The number of carbonyl (C=O) groups is 1. The summed E-state index contributed by atoms with van der Waals surface area (Å²) in [6.45, 7) is 0. The molecule has 102 valence electrons. The van der Waals surface area contributed by atoms with Crippen molar-refractivity contribution in [2.75, 3.05) is 11.5 Å². The molecule has 1 aromatic carbocycles. The van der Waals surface area contributed by atoms with Gasteiger partial charge in [0.05, 0.1) is 22.0 Å². The molecule has 1 saturated heterocycles. The van der Waals surface area contributed by atoms with Gasteiger partial charge in [-0.05, 0) is 18.6 Å². The maximum absolute atomic E-state index is 12.2. The summed E-state index contributed by atoms with van der Waals surface area (Å²) in [6, 6.07) is 4.13. The maximum Gasteiger partial charge on any atom is 0.281 e. The molecule has 6 nitrogen and oxygen atoms in total. The molecule has 8 heteroatoms. The molecule has 1 aliphatic rings. The molecular formula is C11H10BrNO5S. The van der Waals surface area contributed by atoms with Crippen molar-refractivity contribution >= 4 is 37.2 Å². The van der Waals surface area contributed by atoms with Gasteiger partial charge in [0.2, 0.25) is 0 Å². The van der Waals surface area contributed by atoms with Gasteiger partial charge in [-0.1, -0.05) is 15.9 Å².